The van der Waals surface area contributed by atoms with Gasteiger partial charge in [-0.25, -0.2) is 4.79 Å². The van der Waals surface area contributed by atoms with Crippen LogP contribution in [0.4, 0.5) is 0 Å². The highest BCUT2D eigenvalue weighted by Gasteiger charge is 2.44. The fourth-order valence-electron chi connectivity index (χ4n) is 1.80. The van der Waals surface area contributed by atoms with Gasteiger partial charge in [0.2, 0.25) is 0 Å². The van der Waals surface area contributed by atoms with Gasteiger partial charge < -0.3 is 4.74 Å². The summed E-state index contributed by atoms with van der Waals surface area (Å²) < 4.78 is 16.9. The zero-order valence-electron chi connectivity index (χ0n) is 10.4. The summed E-state index contributed by atoms with van der Waals surface area (Å²) in [6.45, 7) is 3.72. The van der Waals surface area contributed by atoms with E-state index in [1.807, 2.05) is 19.9 Å². The number of hydrogen-bond acceptors (Lipinski definition) is 4. The number of thioether (sulfide) groups is 1. The summed E-state index contributed by atoms with van der Waals surface area (Å²) in [5, 5.41) is 0. The topological polar surface area (TPSA) is 43.4 Å². The molecule has 98 valence electrons. The molecule has 1 aliphatic heterocycles. The zero-order valence-corrected chi connectivity index (χ0v) is 12.1. The van der Waals surface area contributed by atoms with E-state index >= 15 is 0 Å². The van der Waals surface area contributed by atoms with E-state index < -0.39 is 14.9 Å². The molecule has 0 spiro atoms. The Morgan fingerprint density at radius 2 is 2.11 bits per heavy atom. The Labute approximate surface area is 114 Å². The summed E-state index contributed by atoms with van der Waals surface area (Å²) in [6, 6.07) is 8.88. The molecule has 0 radical (unpaired) electrons. The van der Waals surface area contributed by atoms with E-state index in [1.165, 1.54) is 0 Å². The molecule has 3 atom stereocenters. The van der Waals surface area contributed by atoms with Crippen molar-refractivity contribution >= 4 is 28.5 Å². The van der Waals surface area contributed by atoms with Crippen LogP contribution in [-0.4, -0.2) is 31.9 Å². The molecular formula is C13H16O3S2. The molecule has 2 rings (SSSR count). The van der Waals surface area contributed by atoms with Crippen molar-refractivity contribution in [3.63, 3.8) is 0 Å². The van der Waals surface area contributed by atoms with Crippen molar-refractivity contribution in [2.75, 3.05) is 11.5 Å². The second kappa shape index (κ2) is 5.45. The average molecular weight is 284 g/mol. The largest absolute Gasteiger partial charge is 0.457 e. The van der Waals surface area contributed by atoms with Crippen molar-refractivity contribution in [3.05, 3.63) is 35.9 Å². The van der Waals surface area contributed by atoms with Crippen LogP contribution in [0, 0.1) is 0 Å². The van der Waals surface area contributed by atoms with Gasteiger partial charge in [0.25, 0.3) is 0 Å². The molecule has 0 amide bonds. The Hall–Kier alpha value is -0.810. The van der Waals surface area contributed by atoms with Gasteiger partial charge >= 0.3 is 5.97 Å². The van der Waals surface area contributed by atoms with Crippen LogP contribution in [0.1, 0.15) is 24.2 Å². The van der Waals surface area contributed by atoms with E-state index in [0.717, 1.165) is 5.75 Å². The molecule has 5 heteroatoms. The van der Waals surface area contributed by atoms with Crippen molar-refractivity contribution in [3.8, 4) is 0 Å². The first kappa shape index (κ1) is 13.6. The van der Waals surface area contributed by atoms with Crippen molar-refractivity contribution in [2.45, 2.75) is 24.0 Å². The molecule has 1 fully saturated rings. The third-order valence-corrected chi connectivity index (χ3v) is 7.44. The molecule has 0 N–H and O–H groups in total. The van der Waals surface area contributed by atoms with Crippen LogP contribution < -0.4 is 0 Å². The minimum Gasteiger partial charge on any atom is -0.457 e. The Morgan fingerprint density at radius 1 is 1.44 bits per heavy atom. The third kappa shape index (κ3) is 2.62. The lowest BCUT2D eigenvalue weighted by molar-refractivity contribution is 0.0325. The highest BCUT2D eigenvalue weighted by atomic mass is 32.2. The predicted octanol–water partition coefficient (Wildman–Crippen LogP) is 2.44. The Bertz CT molecular complexity index is 461. The second-order valence-electron chi connectivity index (χ2n) is 4.33. The van der Waals surface area contributed by atoms with Gasteiger partial charge in [0.05, 0.1) is 5.56 Å². The Kier molecular flexibility index (Phi) is 4.12. The second-order valence-corrected chi connectivity index (χ2v) is 8.08. The smallest absolute Gasteiger partial charge is 0.338 e. The Balaban J connectivity index is 2.06. The number of carbonyl (C=O) groups excluding carboxylic acids is 1. The molecule has 0 unspecified atom stereocenters. The van der Waals surface area contributed by atoms with Gasteiger partial charge in [-0.05, 0) is 26.0 Å². The fourth-order valence-corrected chi connectivity index (χ4v) is 5.28. The lowest BCUT2D eigenvalue weighted by atomic mass is 10.2. The summed E-state index contributed by atoms with van der Waals surface area (Å²) in [6.07, 6.45) is -0.362. The van der Waals surface area contributed by atoms with Crippen LogP contribution in [0.15, 0.2) is 30.3 Å². The van der Waals surface area contributed by atoms with Gasteiger partial charge in [-0.2, -0.15) is 0 Å². The highest BCUT2D eigenvalue weighted by molar-refractivity contribution is 8.15. The maximum absolute atomic E-state index is 12.0. The number of rotatable bonds is 3. The van der Waals surface area contributed by atoms with E-state index in [-0.39, 0.29) is 12.1 Å². The minimum atomic E-state index is -0.943. The zero-order chi connectivity index (χ0) is 13.2. The first-order valence-corrected chi connectivity index (χ1v) is 8.13. The molecule has 0 aliphatic carbocycles. The molecule has 0 aromatic heterocycles. The van der Waals surface area contributed by atoms with Crippen LogP contribution in [0.3, 0.4) is 0 Å². The Morgan fingerprint density at radius 3 is 2.67 bits per heavy atom. The number of ether oxygens (including phenoxy) is 1. The summed E-state index contributed by atoms with van der Waals surface area (Å²) in [7, 11) is -0.943. The fraction of sp³-hybridized carbons (Fsp3) is 0.462. The van der Waals surface area contributed by atoms with E-state index in [1.54, 1.807) is 36.0 Å². The number of carbonyl (C=O) groups is 1. The van der Waals surface area contributed by atoms with E-state index in [9.17, 15) is 9.00 Å². The van der Waals surface area contributed by atoms with Gasteiger partial charge in [0.1, 0.15) is 10.2 Å². The van der Waals surface area contributed by atoms with Gasteiger partial charge in [0.15, 0.2) is 0 Å². The molecule has 1 aliphatic rings. The number of hydrogen-bond donors (Lipinski definition) is 0. The summed E-state index contributed by atoms with van der Waals surface area (Å²) in [5.41, 5.74) is 0.529. The first-order chi connectivity index (χ1) is 8.54. The summed E-state index contributed by atoms with van der Waals surface area (Å²) >= 11 is 1.62. The first-order valence-electron chi connectivity index (χ1n) is 5.82. The minimum absolute atomic E-state index is 0.353. The normalized spacial score (nSPS) is 28.9. The van der Waals surface area contributed by atoms with Crippen LogP contribution in [-0.2, 0) is 15.5 Å². The number of esters is 1. The van der Waals surface area contributed by atoms with Crippen LogP contribution >= 0.6 is 11.8 Å². The van der Waals surface area contributed by atoms with Crippen molar-refractivity contribution < 1.29 is 13.7 Å². The molecule has 1 aromatic carbocycles. The summed E-state index contributed by atoms with van der Waals surface area (Å²) in [4.78, 5) is 11.9. The molecule has 1 aromatic rings. The molecule has 1 saturated heterocycles. The van der Waals surface area contributed by atoms with Gasteiger partial charge in [0, 0.05) is 22.3 Å². The van der Waals surface area contributed by atoms with Crippen LogP contribution in [0.2, 0.25) is 0 Å². The average Bonchev–Trinajstić information content (AvgIpc) is 2.72. The maximum atomic E-state index is 12.0. The molecular weight excluding hydrogens is 268 g/mol. The predicted molar refractivity (Wildman–Crippen MR) is 75.2 cm³/mol. The SMILES string of the molecule is C[C@@H](OC(=O)c1ccccc1)[C@]1(C)SCC[S@]1=O. The van der Waals surface area contributed by atoms with Gasteiger partial charge in [-0.15, -0.1) is 11.8 Å². The van der Waals surface area contributed by atoms with Gasteiger partial charge in [-0.1, -0.05) is 18.2 Å². The summed E-state index contributed by atoms with van der Waals surface area (Å²) in [5.74, 6) is 1.18. The lowest BCUT2D eigenvalue weighted by Gasteiger charge is -2.28. The van der Waals surface area contributed by atoms with Crippen LogP contribution in [0.25, 0.3) is 0 Å². The van der Waals surface area contributed by atoms with Crippen LogP contribution in [0.5, 0.6) is 0 Å². The maximum Gasteiger partial charge on any atom is 0.338 e. The quantitative estimate of drug-likeness (QED) is 0.800. The van der Waals surface area contributed by atoms with E-state index in [2.05, 4.69) is 0 Å². The monoisotopic (exact) mass is 284 g/mol. The van der Waals surface area contributed by atoms with Gasteiger partial charge in [-0.3, -0.25) is 4.21 Å². The molecule has 1 heterocycles. The molecule has 18 heavy (non-hydrogen) atoms. The third-order valence-electron chi connectivity index (χ3n) is 3.14. The molecule has 3 nitrogen and oxygen atoms in total. The highest BCUT2D eigenvalue weighted by Crippen LogP contribution is 2.39. The number of benzene rings is 1. The molecule has 0 saturated carbocycles. The molecule has 0 bridgehead atoms. The van der Waals surface area contributed by atoms with Crippen molar-refractivity contribution in [2.24, 2.45) is 0 Å². The lowest BCUT2D eigenvalue weighted by Crippen LogP contribution is -2.39. The van der Waals surface area contributed by atoms with E-state index in [0.29, 0.717) is 11.3 Å². The van der Waals surface area contributed by atoms with E-state index in [4.69, 9.17) is 4.74 Å². The standard InChI is InChI=1S/C13H16O3S2/c1-10(13(2)17-8-9-18(13)15)16-12(14)11-6-4-3-5-7-11/h3-7,10H,8-9H2,1-2H3/t10-,13-,18-/m1/s1. The van der Waals surface area contributed by atoms with Crippen molar-refractivity contribution in [1.82, 2.24) is 0 Å². The van der Waals surface area contributed by atoms with Crippen molar-refractivity contribution in [1.29, 1.82) is 0 Å².